The number of rotatable bonds is 6. The lowest BCUT2D eigenvalue weighted by Gasteiger charge is -2.33. The van der Waals surface area contributed by atoms with Crippen molar-refractivity contribution in [1.29, 1.82) is 0 Å². The van der Waals surface area contributed by atoms with Gasteiger partial charge in [0.05, 0.1) is 0 Å². The summed E-state index contributed by atoms with van der Waals surface area (Å²) in [6.07, 6.45) is 0. The minimum absolute atomic E-state index is 0.121. The van der Waals surface area contributed by atoms with E-state index in [9.17, 15) is 0 Å². The van der Waals surface area contributed by atoms with Crippen molar-refractivity contribution in [2.45, 2.75) is 45.6 Å². The summed E-state index contributed by atoms with van der Waals surface area (Å²) in [6.45, 7) is 13.2. The van der Waals surface area contributed by atoms with Gasteiger partial charge in [0.25, 0.3) is 0 Å². The van der Waals surface area contributed by atoms with Gasteiger partial charge in [-0.1, -0.05) is 43.7 Å². The van der Waals surface area contributed by atoms with Gasteiger partial charge >= 0.3 is 0 Å². The molecule has 2 N–H and O–H groups in total. The van der Waals surface area contributed by atoms with Crippen molar-refractivity contribution in [3.8, 4) is 0 Å². The minimum Gasteiger partial charge on any atom is -0.318 e. The van der Waals surface area contributed by atoms with Crippen LogP contribution in [0.25, 0.3) is 0 Å². The molecule has 2 heteroatoms. The Morgan fingerprint density at radius 2 is 1.72 bits per heavy atom. The molecule has 0 spiro atoms. The van der Waals surface area contributed by atoms with Gasteiger partial charge in [-0.2, -0.15) is 0 Å². The number of hydrogen-bond acceptors (Lipinski definition) is 2. The maximum Gasteiger partial charge on any atom is 0.0249 e. The lowest BCUT2D eigenvalue weighted by atomic mass is 9.83. The molecular weight excluding hydrogens is 220 g/mol. The predicted octanol–water partition coefficient (Wildman–Crippen LogP) is 2.86. The summed E-state index contributed by atoms with van der Waals surface area (Å²) in [7, 11) is 2.00. The van der Waals surface area contributed by atoms with Gasteiger partial charge in [-0.15, -0.1) is 0 Å². The van der Waals surface area contributed by atoms with Crippen LogP contribution in [0.3, 0.4) is 0 Å². The lowest BCUT2D eigenvalue weighted by Crippen LogP contribution is -2.50. The summed E-state index contributed by atoms with van der Waals surface area (Å²) < 4.78 is 0. The topological polar surface area (TPSA) is 24.1 Å². The van der Waals surface area contributed by atoms with Crippen molar-refractivity contribution in [2.24, 2.45) is 0 Å². The van der Waals surface area contributed by atoms with Crippen LogP contribution < -0.4 is 10.6 Å². The highest BCUT2D eigenvalue weighted by Gasteiger charge is 2.24. The SMILES string of the molecule is CNCC(C)(C)NCC(C)(C)c1cccc(C)c1. The summed E-state index contributed by atoms with van der Waals surface area (Å²) in [5.41, 5.74) is 3.00. The first-order chi connectivity index (χ1) is 8.27. The third-order valence-electron chi connectivity index (χ3n) is 3.43. The average Bonchev–Trinajstić information content (AvgIpc) is 2.27. The van der Waals surface area contributed by atoms with Crippen LogP contribution in [-0.4, -0.2) is 25.7 Å². The fourth-order valence-electron chi connectivity index (χ4n) is 2.13. The molecule has 0 aliphatic rings. The van der Waals surface area contributed by atoms with Crippen LogP contribution in [0.15, 0.2) is 24.3 Å². The molecule has 1 rings (SSSR count). The van der Waals surface area contributed by atoms with E-state index in [-0.39, 0.29) is 11.0 Å². The Bertz CT molecular complexity index is 380. The molecule has 0 unspecified atom stereocenters. The smallest absolute Gasteiger partial charge is 0.0249 e. The molecule has 0 fully saturated rings. The number of nitrogens with one attached hydrogen (secondary N) is 2. The van der Waals surface area contributed by atoms with E-state index < -0.39 is 0 Å². The van der Waals surface area contributed by atoms with Gasteiger partial charge in [-0.05, 0) is 33.4 Å². The summed E-state index contributed by atoms with van der Waals surface area (Å²) in [4.78, 5) is 0. The Balaban J connectivity index is 2.70. The molecule has 18 heavy (non-hydrogen) atoms. The van der Waals surface area contributed by atoms with Crippen LogP contribution in [0.4, 0.5) is 0 Å². The van der Waals surface area contributed by atoms with Crippen molar-refractivity contribution in [1.82, 2.24) is 10.6 Å². The van der Waals surface area contributed by atoms with Crippen molar-refractivity contribution in [3.63, 3.8) is 0 Å². The number of benzene rings is 1. The number of aryl methyl sites for hydroxylation is 1. The summed E-state index contributed by atoms with van der Waals surface area (Å²) in [5.74, 6) is 0. The Morgan fingerprint density at radius 3 is 2.28 bits per heavy atom. The number of likely N-dealkylation sites (N-methyl/N-ethyl adjacent to an activating group) is 1. The molecule has 0 saturated carbocycles. The molecule has 0 radical (unpaired) electrons. The van der Waals surface area contributed by atoms with Gasteiger partial charge < -0.3 is 10.6 Å². The normalized spacial score (nSPS) is 12.8. The second-order valence-corrected chi connectivity index (χ2v) is 6.52. The molecule has 2 nitrogen and oxygen atoms in total. The summed E-state index contributed by atoms with van der Waals surface area (Å²) in [6, 6.07) is 8.80. The highest BCUT2D eigenvalue weighted by atomic mass is 15.0. The van der Waals surface area contributed by atoms with Crippen LogP contribution >= 0.6 is 0 Å². The predicted molar refractivity (Wildman–Crippen MR) is 80.2 cm³/mol. The molecule has 0 amide bonds. The zero-order valence-corrected chi connectivity index (χ0v) is 12.7. The fraction of sp³-hybridized carbons (Fsp3) is 0.625. The van der Waals surface area contributed by atoms with E-state index in [1.54, 1.807) is 0 Å². The zero-order chi connectivity index (χ0) is 13.8. The Hall–Kier alpha value is -0.860. The van der Waals surface area contributed by atoms with Crippen LogP contribution in [0.2, 0.25) is 0 Å². The minimum atomic E-state index is 0.121. The van der Waals surface area contributed by atoms with E-state index in [2.05, 4.69) is 69.5 Å². The van der Waals surface area contributed by atoms with Crippen molar-refractivity contribution in [3.05, 3.63) is 35.4 Å². The molecule has 102 valence electrons. The molecule has 0 bridgehead atoms. The van der Waals surface area contributed by atoms with Crippen LogP contribution in [0.5, 0.6) is 0 Å². The van der Waals surface area contributed by atoms with E-state index >= 15 is 0 Å². The molecule has 0 aromatic heterocycles. The second-order valence-electron chi connectivity index (χ2n) is 6.52. The van der Waals surface area contributed by atoms with E-state index in [1.807, 2.05) is 7.05 Å². The third-order valence-corrected chi connectivity index (χ3v) is 3.43. The third kappa shape index (κ3) is 4.43. The van der Waals surface area contributed by atoms with Crippen LogP contribution in [0, 0.1) is 6.92 Å². The molecule has 0 saturated heterocycles. The maximum atomic E-state index is 3.66. The van der Waals surface area contributed by atoms with Gasteiger partial charge in [-0.25, -0.2) is 0 Å². The first-order valence-corrected chi connectivity index (χ1v) is 6.74. The zero-order valence-electron chi connectivity index (χ0n) is 12.7. The molecule has 0 atom stereocenters. The standard InChI is InChI=1S/C16H28N2/c1-13-8-7-9-14(10-13)15(2,3)11-18-16(4,5)12-17-6/h7-10,17-18H,11-12H2,1-6H3. The molecule has 0 heterocycles. The van der Waals surface area contributed by atoms with Gasteiger partial charge in [0.15, 0.2) is 0 Å². The van der Waals surface area contributed by atoms with E-state index in [1.165, 1.54) is 11.1 Å². The highest BCUT2D eigenvalue weighted by molar-refractivity contribution is 5.28. The Labute approximate surface area is 112 Å². The quantitative estimate of drug-likeness (QED) is 0.809. The van der Waals surface area contributed by atoms with Gasteiger partial charge in [0.2, 0.25) is 0 Å². The fourth-order valence-corrected chi connectivity index (χ4v) is 2.13. The first kappa shape index (κ1) is 15.2. The average molecular weight is 248 g/mol. The number of hydrogen-bond donors (Lipinski definition) is 2. The Morgan fingerprint density at radius 1 is 1.06 bits per heavy atom. The van der Waals surface area contributed by atoms with Gasteiger partial charge in [0.1, 0.15) is 0 Å². The van der Waals surface area contributed by atoms with Gasteiger partial charge in [0, 0.05) is 24.0 Å². The second kappa shape index (κ2) is 5.85. The maximum absolute atomic E-state index is 3.66. The first-order valence-electron chi connectivity index (χ1n) is 6.74. The van der Waals surface area contributed by atoms with Crippen molar-refractivity contribution in [2.75, 3.05) is 20.1 Å². The lowest BCUT2D eigenvalue weighted by molar-refractivity contribution is 0.332. The summed E-state index contributed by atoms with van der Waals surface area (Å²) >= 11 is 0. The molecule has 1 aromatic rings. The Kier molecular flexibility index (Phi) is 4.94. The van der Waals surface area contributed by atoms with E-state index in [4.69, 9.17) is 0 Å². The van der Waals surface area contributed by atoms with Crippen LogP contribution in [-0.2, 0) is 5.41 Å². The monoisotopic (exact) mass is 248 g/mol. The van der Waals surface area contributed by atoms with E-state index in [0.29, 0.717) is 0 Å². The molecule has 1 aromatic carbocycles. The van der Waals surface area contributed by atoms with Gasteiger partial charge in [-0.3, -0.25) is 0 Å². The largest absolute Gasteiger partial charge is 0.318 e. The van der Waals surface area contributed by atoms with Crippen molar-refractivity contribution >= 4 is 0 Å². The van der Waals surface area contributed by atoms with Crippen molar-refractivity contribution < 1.29 is 0 Å². The highest BCUT2D eigenvalue weighted by Crippen LogP contribution is 2.23. The van der Waals surface area contributed by atoms with E-state index in [0.717, 1.165) is 13.1 Å². The molecule has 0 aliphatic heterocycles. The summed E-state index contributed by atoms with van der Waals surface area (Å²) in [5, 5.41) is 6.89. The molecule has 0 aliphatic carbocycles. The van der Waals surface area contributed by atoms with Crippen LogP contribution in [0.1, 0.15) is 38.8 Å². The molecular formula is C16H28N2.